The Hall–Kier alpha value is -0.620. The first-order chi connectivity index (χ1) is 6.61. The SMILES string of the molecule is CC(N)C(=O)NCC(O)c1ccsc1.Cl. The van der Waals surface area contributed by atoms with Crippen molar-refractivity contribution in [2.24, 2.45) is 5.73 Å². The van der Waals surface area contributed by atoms with Crippen LogP contribution in [-0.4, -0.2) is 23.6 Å². The van der Waals surface area contributed by atoms with Crippen LogP contribution in [0.5, 0.6) is 0 Å². The zero-order chi connectivity index (χ0) is 10.6. The van der Waals surface area contributed by atoms with Gasteiger partial charge in [0.2, 0.25) is 5.91 Å². The minimum atomic E-state index is -0.649. The van der Waals surface area contributed by atoms with E-state index in [9.17, 15) is 9.90 Å². The van der Waals surface area contributed by atoms with Gasteiger partial charge in [-0.2, -0.15) is 11.3 Å². The van der Waals surface area contributed by atoms with Crippen molar-refractivity contribution in [1.82, 2.24) is 5.32 Å². The lowest BCUT2D eigenvalue weighted by atomic mass is 10.2. The average Bonchev–Trinajstić information content (AvgIpc) is 2.66. The highest BCUT2D eigenvalue weighted by molar-refractivity contribution is 7.07. The smallest absolute Gasteiger partial charge is 0.236 e. The fourth-order valence-electron chi connectivity index (χ4n) is 0.941. The van der Waals surface area contributed by atoms with Crippen LogP contribution in [0.15, 0.2) is 16.8 Å². The van der Waals surface area contributed by atoms with Crippen LogP contribution < -0.4 is 11.1 Å². The van der Waals surface area contributed by atoms with Crippen molar-refractivity contribution in [2.45, 2.75) is 19.1 Å². The molecule has 0 fully saturated rings. The van der Waals surface area contributed by atoms with Crippen LogP contribution in [0.1, 0.15) is 18.6 Å². The van der Waals surface area contributed by atoms with E-state index in [0.29, 0.717) is 0 Å². The van der Waals surface area contributed by atoms with E-state index in [1.165, 1.54) is 11.3 Å². The average molecular weight is 251 g/mol. The summed E-state index contributed by atoms with van der Waals surface area (Å²) >= 11 is 1.51. The zero-order valence-corrected chi connectivity index (χ0v) is 9.98. The number of aliphatic hydroxyl groups excluding tert-OH is 1. The minimum absolute atomic E-state index is 0. The highest BCUT2D eigenvalue weighted by atomic mass is 35.5. The van der Waals surface area contributed by atoms with Crippen LogP contribution >= 0.6 is 23.7 Å². The van der Waals surface area contributed by atoms with Gasteiger partial charge in [-0.25, -0.2) is 0 Å². The number of carbonyl (C=O) groups is 1. The van der Waals surface area contributed by atoms with Crippen molar-refractivity contribution in [3.8, 4) is 0 Å². The number of rotatable bonds is 4. The van der Waals surface area contributed by atoms with Gasteiger partial charge in [0.05, 0.1) is 12.1 Å². The molecular formula is C9H15ClN2O2S. The summed E-state index contributed by atoms with van der Waals surface area (Å²) in [6, 6.07) is 1.29. The van der Waals surface area contributed by atoms with Crippen LogP contribution in [0.3, 0.4) is 0 Å². The number of hydrogen-bond acceptors (Lipinski definition) is 4. The summed E-state index contributed by atoms with van der Waals surface area (Å²) in [6.45, 7) is 1.81. The van der Waals surface area contributed by atoms with Gasteiger partial charge in [-0.3, -0.25) is 4.79 Å². The molecule has 2 atom stereocenters. The highest BCUT2D eigenvalue weighted by Crippen LogP contribution is 2.14. The standard InChI is InChI=1S/C9H14N2O2S.ClH/c1-6(10)9(13)11-4-8(12)7-2-3-14-5-7;/h2-3,5-6,8,12H,4,10H2,1H3,(H,11,13);1H. The van der Waals surface area contributed by atoms with E-state index < -0.39 is 12.1 Å². The lowest BCUT2D eigenvalue weighted by Gasteiger charge is -2.11. The van der Waals surface area contributed by atoms with E-state index in [1.807, 2.05) is 16.8 Å². The molecule has 0 saturated heterocycles. The quantitative estimate of drug-likeness (QED) is 0.735. The molecule has 0 aliphatic rings. The fourth-order valence-corrected chi connectivity index (χ4v) is 1.65. The van der Waals surface area contributed by atoms with Gasteiger partial charge < -0.3 is 16.2 Å². The second-order valence-electron chi connectivity index (χ2n) is 3.11. The van der Waals surface area contributed by atoms with Crippen LogP contribution in [0, 0.1) is 0 Å². The zero-order valence-electron chi connectivity index (χ0n) is 8.34. The first kappa shape index (κ1) is 14.4. The van der Waals surface area contributed by atoms with Crippen LogP contribution in [-0.2, 0) is 4.79 Å². The van der Waals surface area contributed by atoms with Crippen molar-refractivity contribution >= 4 is 29.7 Å². The molecule has 0 bridgehead atoms. The van der Waals surface area contributed by atoms with Gasteiger partial charge in [0.25, 0.3) is 0 Å². The maximum Gasteiger partial charge on any atom is 0.236 e. The maximum atomic E-state index is 11.1. The Balaban J connectivity index is 0.00000196. The van der Waals surface area contributed by atoms with E-state index in [2.05, 4.69) is 5.32 Å². The van der Waals surface area contributed by atoms with Gasteiger partial charge in [0.1, 0.15) is 0 Å². The summed E-state index contributed by atoms with van der Waals surface area (Å²) in [4.78, 5) is 11.1. The van der Waals surface area contributed by atoms with Gasteiger partial charge in [-0.15, -0.1) is 12.4 Å². The van der Waals surface area contributed by atoms with Gasteiger partial charge in [-0.1, -0.05) is 0 Å². The molecule has 0 spiro atoms. The molecule has 0 saturated carbocycles. The highest BCUT2D eigenvalue weighted by Gasteiger charge is 2.11. The molecule has 1 aromatic rings. The number of nitrogens with one attached hydrogen (secondary N) is 1. The van der Waals surface area contributed by atoms with E-state index in [1.54, 1.807) is 6.92 Å². The van der Waals surface area contributed by atoms with Gasteiger partial charge in [0, 0.05) is 6.54 Å². The van der Waals surface area contributed by atoms with Gasteiger partial charge in [-0.05, 0) is 29.3 Å². The Morgan fingerprint density at radius 3 is 2.87 bits per heavy atom. The van der Waals surface area contributed by atoms with Gasteiger partial charge in [0.15, 0.2) is 0 Å². The van der Waals surface area contributed by atoms with E-state index in [4.69, 9.17) is 5.73 Å². The predicted molar refractivity (Wildman–Crippen MR) is 63.2 cm³/mol. The first-order valence-corrected chi connectivity index (χ1v) is 5.29. The summed E-state index contributed by atoms with van der Waals surface area (Å²) in [5.74, 6) is -0.251. The second-order valence-corrected chi connectivity index (χ2v) is 3.89. The molecule has 6 heteroatoms. The number of aliphatic hydroxyl groups is 1. The fraction of sp³-hybridized carbons (Fsp3) is 0.444. The molecule has 4 nitrogen and oxygen atoms in total. The summed E-state index contributed by atoms with van der Waals surface area (Å²) < 4.78 is 0. The van der Waals surface area contributed by atoms with Crippen molar-refractivity contribution in [1.29, 1.82) is 0 Å². The molecule has 86 valence electrons. The van der Waals surface area contributed by atoms with E-state index >= 15 is 0 Å². The predicted octanol–water partition coefficient (Wildman–Crippen LogP) is 0.667. The van der Waals surface area contributed by atoms with Crippen LogP contribution in [0.25, 0.3) is 0 Å². The minimum Gasteiger partial charge on any atom is -0.387 e. The first-order valence-electron chi connectivity index (χ1n) is 4.34. The molecule has 4 N–H and O–H groups in total. The number of amides is 1. The summed E-state index contributed by atoms with van der Waals surface area (Å²) in [7, 11) is 0. The lowest BCUT2D eigenvalue weighted by Crippen LogP contribution is -2.40. The molecule has 0 radical (unpaired) electrons. The molecule has 1 rings (SSSR count). The third-order valence-corrected chi connectivity index (χ3v) is 2.51. The third kappa shape index (κ3) is 4.61. The van der Waals surface area contributed by atoms with Crippen LogP contribution in [0.4, 0.5) is 0 Å². The molecule has 0 aliphatic heterocycles. The third-order valence-electron chi connectivity index (χ3n) is 1.81. The van der Waals surface area contributed by atoms with Crippen molar-refractivity contribution in [3.63, 3.8) is 0 Å². The molecule has 1 amide bonds. The molecule has 1 aromatic heterocycles. The molecule has 0 aliphatic carbocycles. The Morgan fingerprint density at radius 2 is 2.40 bits per heavy atom. The molecule has 2 unspecified atom stereocenters. The summed E-state index contributed by atoms with van der Waals surface area (Å²) in [6.07, 6.45) is -0.649. The number of nitrogens with two attached hydrogens (primary N) is 1. The number of halogens is 1. The summed E-state index contributed by atoms with van der Waals surface area (Å²) in [5, 5.41) is 15.9. The van der Waals surface area contributed by atoms with E-state index in [0.717, 1.165) is 5.56 Å². The number of thiophene rings is 1. The molecule has 15 heavy (non-hydrogen) atoms. The Bertz CT molecular complexity index is 290. The maximum absolute atomic E-state index is 11.1. The van der Waals surface area contributed by atoms with Crippen molar-refractivity contribution in [2.75, 3.05) is 6.54 Å². The number of carbonyl (C=O) groups excluding carboxylic acids is 1. The van der Waals surface area contributed by atoms with E-state index in [-0.39, 0.29) is 24.9 Å². The van der Waals surface area contributed by atoms with Gasteiger partial charge >= 0.3 is 0 Å². The Labute approximate surface area is 98.9 Å². The van der Waals surface area contributed by atoms with Crippen molar-refractivity contribution < 1.29 is 9.90 Å². The summed E-state index contributed by atoms with van der Waals surface area (Å²) in [5.41, 5.74) is 6.17. The number of hydrogen-bond donors (Lipinski definition) is 3. The monoisotopic (exact) mass is 250 g/mol. The largest absolute Gasteiger partial charge is 0.387 e. The Morgan fingerprint density at radius 1 is 1.73 bits per heavy atom. The second kappa shape index (κ2) is 6.79. The van der Waals surface area contributed by atoms with Crippen molar-refractivity contribution in [3.05, 3.63) is 22.4 Å². The Kier molecular flexibility index (Phi) is 6.51. The molecular weight excluding hydrogens is 236 g/mol. The topological polar surface area (TPSA) is 75.4 Å². The lowest BCUT2D eigenvalue weighted by molar-refractivity contribution is -0.122. The normalized spacial score (nSPS) is 13.8. The van der Waals surface area contributed by atoms with Crippen LogP contribution in [0.2, 0.25) is 0 Å². The molecule has 0 aromatic carbocycles. The molecule has 1 heterocycles.